The summed E-state index contributed by atoms with van der Waals surface area (Å²) in [6, 6.07) is 6.07. The number of para-hydroxylation sites is 1. The van der Waals surface area contributed by atoms with Gasteiger partial charge < -0.3 is 10.4 Å². The first kappa shape index (κ1) is 13.5. The molecule has 3 heteroatoms. The molecule has 3 nitrogen and oxygen atoms in total. The number of rotatable bonds is 1. The predicted molar refractivity (Wildman–Crippen MR) is 80.3 cm³/mol. The van der Waals surface area contributed by atoms with Gasteiger partial charge >= 0.3 is 5.97 Å². The Morgan fingerprint density at radius 1 is 1.35 bits per heavy atom. The first-order valence-corrected chi connectivity index (χ1v) is 7.54. The second-order valence-corrected chi connectivity index (χ2v) is 7.03. The van der Waals surface area contributed by atoms with Gasteiger partial charge in [0.05, 0.1) is 11.3 Å². The first-order valence-electron chi connectivity index (χ1n) is 7.54. The normalized spacial score (nSPS) is 30.9. The minimum Gasteiger partial charge on any atom is -0.478 e. The van der Waals surface area contributed by atoms with E-state index < -0.39 is 5.97 Å². The van der Waals surface area contributed by atoms with E-state index in [0.29, 0.717) is 17.5 Å². The van der Waals surface area contributed by atoms with Crippen molar-refractivity contribution in [3.05, 3.63) is 29.3 Å². The summed E-state index contributed by atoms with van der Waals surface area (Å²) in [6.07, 6.45) is 3.64. The Morgan fingerprint density at radius 2 is 2.10 bits per heavy atom. The average Bonchev–Trinajstić information content (AvgIpc) is 2.37. The summed E-state index contributed by atoms with van der Waals surface area (Å²) in [5.41, 5.74) is 2.46. The van der Waals surface area contributed by atoms with E-state index in [2.05, 4.69) is 32.2 Å². The number of carboxylic acid groups (broad SMARTS) is 1. The van der Waals surface area contributed by atoms with E-state index >= 15 is 0 Å². The second kappa shape index (κ2) is 4.51. The van der Waals surface area contributed by atoms with Gasteiger partial charge in [0, 0.05) is 6.04 Å². The standard InChI is InChI=1S/C17H23NO2/c1-10-7-8-12-14(9-10)18-15-11(16(19)20)5-4-6-13(15)17(12,2)3/h4-6,10,12,14,18H,7-9H2,1-3H3,(H,19,20)/t10-,12-,14-/m0/s1. The number of hydrogen-bond donors (Lipinski definition) is 2. The summed E-state index contributed by atoms with van der Waals surface area (Å²) >= 11 is 0. The topological polar surface area (TPSA) is 49.3 Å². The Kier molecular flexibility index (Phi) is 3.03. The van der Waals surface area contributed by atoms with Crippen molar-refractivity contribution >= 4 is 11.7 Å². The molecule has 1 aromatic carbocycles. The third-order valence-electron chi connectivity index (χ3n) is 5.36. The van der Waals surface area contributed by atoms with Crippen LogP contribution in [-0.2, 0) is 5.41 Å². The number of fused-ring (bicyclic) bond motifs is 2. The van der Waals surface area contributed by atoms with Crippen LogP contribution in [0.25, 0.3) is 0 Å². The molecule has 0 amide bonds. The Bertz CT molecular complexity index is 550. The van der Waals surface area contributed by atoms with E-state index in [-0.39, 0.29) is 5.41 Å². The zero-order valence-corrected chi connectivity index (χ0v) is 12.4. The highest BCUT2D eigenvalue weighted by Gasteiger charge is 2.45. The second-order valence-electron chi connectivity index (χ2n) is 7.03. The van der Waals surface area contributed by atoms with Gasteiger partial charge in [0.2, 0.25) is 0 Å². The highest BCUT2D eigenvalue weighted by Crippen LogP contribution is 2.49. The number of carbonyl (C=O) groups is 1. The van der Waals surface area contributed by atoms with Gasteiger partial charge in [-0.1, -0.05) is 39.3 Å². The Balaban J connectivity index is 2.11. The van der Waals surface area contributed by atoms with Crippen LogP contribution in [0.2, 0.25) is 0 Å². The Hall–Kier alpha value is -1.51. The van der Waals surface area contributed by atoms with Crippen molar-refractivity contribution in [1.29, 1.82) is 0 Å². The summed E-state index contributed by atoms with van der Waals surface area (Å²) in [7, 11) is 0. The fraction of sp³-hybridized carbons (Fsp3) is 0.588. The molecule has 0 spiro atoms. The predicted octanol–water partition coefficient (Wildman–Crippen LogP) is 3.89. The molecule has 3 rings (SSSR count). The maximum atomic E-state index is 11.5. The van der Waals surface area contributed by atoms with Gasteiger partial charge in [0.15, 0.2) is 0 Å². The molecule has 108 valence electrons. The third-order valence-corrected chi connectivity index (χ3v) is 5.36. The van der Waals surface area contributed by atoms with Crippen LogP contribution < -0.4 is 5.32 Å². The molecule has 2 aliphatic rings. The van der Waals surface area contributed by atoms with Crippen molar-refractivity contribution in [2.24, 2.45) is 11.8 Å². The van der Waals surface area contributed by atoms with Gasteiger partial charge in [0.25, 0.3) is 0 Å². The minimum atomic E-state index is -0.840. The van der Waals surface area contributed by atoms with Crippen molar-refractivity contribution in [2.75, 3.05) is 5.32 Å². The molecule has 1 heterocycles. The SMILES string of the molecule is C[C@H]1CC[C@H]2[C@H](C1)Nc1c(C(=O)O)cccc1C2(C)C. The molecule has 0 bridgehead atoms. The number of nitrogens with one attached hydrogen (secondary N) is 1. The zero-order valence-electron chi connectivity index (χ0n) is 12.4. The van der Waals surface area contributed by atoms with Crippen LogP contribution in [0.15, 0.2) is 18.2 Å². The average molecular weight is 273 g/mol. The van der Waals surface area contributed by atoms with Crippen LogP contribution in [0, 0.1) is 11.8 Å². The third kappa shape index (κ3) is 1.91. The highest BCUT2D eigenvalue weighted by molar-refractivity contribution is 5.95. The first-order chi connectivity index (χ1) is 9.41. The van der Waals surface area contributed by atoms with Crippen LogP contribution in [0.1, 0.15) is 56.0 Å². The molecular formula is C17H23NO2. The van der Waals surface area contributed by atoms with Gasteiger partial charge in [-0.15, -0.1) is 0 Å². The molecule has 1 fully saturated rings. The van der Waals surface area contributed by atoms with Crippen molar-refractivity contribution < 1.29 is 9.90 Å². The molecule has 1 aliphatic carbocycles. The van der Waals surface area contributed by atoms with Crippen molar-refractivity contribution in [1.82, 2.24) is 0 Å². The van der Waals surface area contributed by atoms with E-state index in [4.69, 9.17) is 0 Å². The number of aromatic carboxylic acids is 1. The number of anilines is 1. The quantitative estimate of drug-likeness (QED) is 0.816. The molecule has 1 saturated carbocycles. The lowest BCUT2D eigenvalue weighted by atomic mass is 9.61. The minimum absolute atomic E-state index is 0.0385. The van der Waals surface area contributed by atoms with Crippen LogP contribution in [-0.4, -0.2) is 17.1 Å². The lowest BCUT2D eigenvalue weighted by Crippen LogP contribution is -2.49. The fourth-order valence-corrected chi connectivity index (χ4v) is 4.21. The summed E-state index contributed by atoms with van der Waals surface area (Å²) in [4.78, 5) is 11.5. The van der Waals surface area contributed by atoms with Crippen molar-refractivity contribution in [2.45, 2.75) is 51.5 Å². The van der Waals surface area contributed by atoms with E-state index in [1.54, 1.807) is 6.07 Å². The van der Waals surface area contributed by atoms with Gasteiger partial charge in [-0.2, -0.15) is 0 Å². The molecule has 0 saturated heterocycles. The molecule has 1 aliphatic heterocycles. The molecule has 1 aromatic rings. The van der Waals surface area contributed by atoms with E-state index in [1.807, 2.05) is 6.07 Å². The maximum Gasteiger partial charge on any atom is 0.337 e. The summed E-state index contributed by atoms with van der Waals surface area (Å²) in [5, 5.41) is 13.0. The van der Waals surface area contributed by atoms with Crippen LogP contribution in [0.3, 0.4) is 0 Å². The molecule has 2 N–H and O–H groups in total. The van der Waals surface area contributed by atoms with Gasteiger partial charge in [-0.25, -0.2) is 4.79 Å². The Morgan fingerprint density at radius 3 is 2.80 bits per heavy atom. The number of carboxylic acids is 1. The van der Waals surface area contributed by atoms with Gasteiger partial charge in [0.1, 0.15) is 0 Å². The Labute approximate surface area is 120 Å². The molecule has 3 atom stereocenters. The molecule has 0 radical (unpaired) electrons. The summed E-state index contributed by atoms with van der Waals surface area (Å²) in [6.45, 7) is 6.83. The molecular weight excluding hydrogens is 250 g/mol. The maximum absolute atomic E-state index is 11.5. The van der Waals surface area contributed by atoms with Crippen LogP contribution in [0.5, 0.6) is 0 Å². The van der Waals surface area contributed by atoms with Crippen LogP contribution in [0.4, 0.5) is 5.69 Å². The highest BCUT2D eigenvalue weighted by atomic mass is 16.4. The zero-order chi connectivity index (χ0) is 14.5. The van der Waals surface area contributed by atoms with E-state index in [0.717, 1.165) is 23.6 Å². The largest absolute Gasteiger partial charge is 0.478 e. The molecule has 0 aromatic heterocycles. The lowest BCUT2D eigenvalue weighted by Gasteiger charge is -2.50. The monoisotopic (exact) mass is 273 g/mol. The lowest BCUT2D eigenvalue weighted by molar-refractivity contribution is 0.0697. The molecule has 0 unspecified atom stereocenters. The van der Waals surface area contributed by atoms with Gasteiger partial charge in [-0.3, -0.25) is 0 Å². The summed E-state index contributed by atoms with van der Waals surface area (Å²) < 4.78 is 0. The summed E-state index contributed by atoms with van der Waals surface area (Å²) in [5.74, 6) is 0.473. The smallest absolute Gasteiger partial charge is 0.337 e. The van der Waals surface area contributed by atoms with Crippen molar-refractivity contribution in [3.63, 3.8) is 0 Å². The fourth-order valence-electron chi connectivity index (χ4n) is 4.21. The van der Waals surface area contributed by atoms with Crippen LogP contribution >= 0.6 is 0 Å². The van der Waals surface area contributed by atoms with E-state index in [9.17, 15) is 9.90 Å². The van der Waals surface area contributed by atoms with E-state index in [1.165, 1.54) is 12.8 Å². The van der Waals surface area contributed by atoms with Crippen molar-refractivity contribution in [3.8, 4) is 0 Å². The number of hydrogen-bond acceptors (Lipinski definition) is 2. The van der Waals surface area contributed by atoms with Gasteiger partial charge in [-0.05, 0) is 41.7 Å². The number of benzene rings is 1. The molecule has 20 heavy (non-hydrogen) atoms.